The molecule has 0 spiro atoms. The van der Waals surface area contributed by atoms with Crippen molar-refractivity contribution in [3.8, 4) is 0 Å². The van der Waals surface area contributed by atoms with E-state index in [4.69, 9.17) is 4.74 Å². The van der Waals surface area contributed by atoms with E-state index < -0.39 is 0 Å². The quantitative estimate of drug-likeness (QED) is 0.830. The summed E-state index contributed by atoms with van der Waals surface area (Å²) in [5.41, 5.74) is 4.56. The summed E-state index contributed by atoms with van der Waals surface area (Å²) in [5, 5.41) is 3.58. The molecule has 106 valence electrons. The number of para-hydroxylation sites is 1. The lowest BCUT2D eigenvalue weighted by atomic mass is 9.90. The van der Waals surface area contributed by atoms with Crippen molar-refractivity contribution in [1.82, 2.24) is 5.32 Å². The van der Waals surface area contributed by atoms with Gasteiger partial charge in [0.25, 0.3) is 0 Å². The maximum Gasteiger partial charge on any atom is 0.0758 e. The SMILES string of the molecule is c1cc2c3c(c1)N(C1COC1)CCN3C1CCNCC21. The van der Waals surface area contributed by atoms with Crippen molar-refractivity contribution >= 4 is 11.4 Å². The molecule has 1 aromatic carbocycles. The number of anilines is 2. The highest BCUT2D eigenvalue weighted by atomic mass is 16.5. The number of nitrogens with zero attached hydrogens (tertiary/aromatic N) is 2. The van der Waals surface area contributed by atoms with Crippen LogP contribution in [-0.2, 0) is 4.74 Å². The Morgan fingerprint density at radius 2 is 2.05 bits per heavy atom. The maximum absolute atomic E-state index is 5.41. The van der Waals surface area contributed by atoms with E-state index in [0.29, 0.717) is 12.0 Å². The van der Waals surface area contributed by atoms with E-state index in [2.05, 4.69) is 33.3 Å². The lowest BCUT2D eigenvalue weighted by molar-refractivity contribution is 0.00799. The molecule has 5 rings (SSSR count). The molecule has 0 amide bonds. The Morgan fingerprint density at radius 3 is 2.90 bits per heavy atom. The van der Waals surface area contributed by atoms with Crippen molar-refractivity contribution in [1.29, 1.82) is 0 Å². The van der Waals surface area contributed by atoms with E-state index in [-0.39, 0.29) is 0 Å². The third kappa shape index (κ3) is 1.38. The largest absolute Gasteiger partial charge is 0.377 e. The molecule has 4 aliphatic rings. The lowest BCUT2D eigenvalue weighted by Gasteiger charge is -2.46. The van der Waals surface area contributed by atoms with E-state index in [1.54, 1.807) is 5.56 Å². The minimum absolute atomic E-state index is 0.601. The molecule has 2 atom stereocenters. The number of piperidine rings is 1. The van der Waals surface area contributed by atoms with Gasteiger partial charge in [0.1, 0.15) is 0 Å². The van der Waals surface area contributed by atoms with Crippen molar-refractivity contribution in [3.05, 3.63) is 23.8 Å². The van der Waals surface area contributed by atoms with Gasteiger partial charge in [0.15, 0.2) is 0 Å². The first-order valence-corrected chi connectivity index (χ1v) is 7.88. The molecule has 4 heterocycles. The fourth-order valence-corrected chi connectivity index (χ4v) is 4.49. The minimum Gasteiger partial charge on any atom is -0.377 e. The van der Waals surface area contributed by atoms with Crippen LogP contribution in [0.5, 0.6) is 0 Å². The van der Waals surface area contributed by atoms with Crippen molar-refractivity contribution in [2.75, 3.05) is 49.2 Å². The molecule has 0 saturated carbocycles. The van der Waals surface area contributed by atoms with Gasteiger partial charge in [-0.2, -0.15) is 0 Å². The third-order valence-corrected chi connectivity index (χ3v) is 5.53. The molecular weight excluding hydrogens is 250 g/mol. The Balaban J connectivity index is 1.61. The Labute approximate surface area is 119 Å². The van der Waals surface area contributed by atoms with Crippen molar-refractivity contribution in [2.45, 2.75) is 24.4 Å². The van der Waals surface area contributed by atoms with Gasteiger partial charge >= 0.3 is 0 Å². The second-order valence-electron chi connectivity index (χ2n) is 6.46. The summed E-state index contributed by atoms with van der Waals surface area (Å²) < 4.78 is 5.41. The van der Waals surface area contributed by atoms with E-state index in [1.165, 1.54) is 30.9 Å². The molecular formula is C16H21N3O. The van der Waals surface area contributed by atoms with Crippen LogP contribution in [0.15, 0.2) is 18.2 Å². The summed E-state index contributed by atoms with van der Waals surface area (Å²) in [6.45, 7) is 6.45. The fourth-order valence-electron chi connectivity index (χ4n) is 4.49. The summed E-state index contributed by atoms with van der Waals surface area (Å²) in [7, 11) is 0. The number of fused-ring (bicyclic) bond motifs is 3. The zero-order valence-electron chi connectivity index (χ0n) is 11.7. The highest BCUT2D eigenvalue weighted by molar-refractivity contribution is 5.81. The molecule has 0 aliphatic carbocycles. The highest BCUT2D eigenvalue weighted by Gasteiger charge is 2.44. The van der Waals surface area contributed by atoms with Gasteiger partial charge in [-0.3, -0.25) is 0 Å². The molecule has 2 fully saturated rings. The van der Waals surface area contributed by atoms with Gasteiger partial charge in [-0.25, -0.2) is 0 Å². The topological polar surface area (TPSA) is 27.7 Å². The van der Waals surface area contributed by atoms with Crippen LogP contribution >= 0.6 is 0 Å². The van der Waals surface area contributed by atoms with Gasteiger partial charge in [-0.15, -0.1) is 0 Å². The molecule has 2 unspecified atom stereocenters. The number of rotatable bonds is 1. The summed E-state index contributed by atoms with van der Waals surface area (Å²) in [6, 6.07) is 8.25. The standard InChI is InChI=1S/C16H21N3O/c1-2-12-13-8-17-5-4-14(13)19-7-6-18(11-9-20-10-11)15(3-1)16(12)19/h1-3,11,13-14,17H,4-10H2. The molecule has 2 saturated heterocycles. The lowest BCUT2D eigenvalue weighted by Crippen LogP contribution is -2.55. The smallest absolute Gasteiger partial charge is 0.0758 e. The molecule has 0 radical (unpaired) electrons. The Morgan fingerprint density at radius 1 is 1.15 bits per heavy atom. The monoisotopic (exact) mass is 271 g/mol. The first kappa shape index (κ1) is 11.4. The fraction of sp³-hybridized carbons (Fsp3) is 0.625. The maximum atomic E-state index is 5.41. The van der Waals surface area contributed by atoms with Crippen LogP contribution in [0.3, 0.4) is 0 Å². The summed E-state index contributed by atoms with van der Waals surface area (Å²) in [4.78, 5) is 5.29. The summed E-state index contributed by atoms with van der Waals surface area (Å²) in [5.74, 6) is 0.691. The minimum atomic E-state index is 0.601. The van der Waals surface area contributed by atoms with Crippen LogP contribution in [0.25, 0.3) is 0 Å². The molecule has 1 N–H and O–H groups in total. The molecule has 0 aromatic heterocycles. The van der Waals surface area contributed by atoms with Gasteiger partial charge in [-0.1, -0.05) is 12.1 Å². The predicted octanol–water partition coefficient (Wildman–Crippen LogP) is 1.17. The number of ether oxygens (including phenoxy) is 1. The first-order chi connectivity index (χ1) is 9.93. The van der Waals surface area contributed by atoms with Gasteiger partial charge in [0.2, 0.25) is 0 Å². The molecule has 4 nitrogen and oxygen atoms in total. The molecule has 1 aromatic rings. The highest BCUT2D eigenvalue weighted by Crippen LogP contribution is 2.50. The van der Waals surface area contributed by atoms with Crippen molar-refractivity contribution in [2.24, 2.45) is 0 Å². The van der Waals surface area contributed by atoms with Crippen LogP contribution in [0.1, 0.15) is 17.9 Å². The van der Waals surface area contributed by atoms with E-state index in [0.717, 1.165) is 32.3 Å². The Hall–Kier alpha value is -1.26. The normalized spacial score (nSPS) is 31.8. The zero-order chi connectivity index (χ0) is 13.1. The van der Waals surface area contributed by atoms with Crippen LogP contribution in [0.4, 0.5) is 11.4 Å². The van der Waals surface area contributed by atoms with Crippen LogP contribution < -0.4 is 15.1 Å². The Bertz CT molecular complexity index is 543. The predicted molar refractivity (Wildman–Crippen MR) is 79.8 cm³/mol. The van der Waals surface area contributed by atoms with Gasteiger partial charge in [0, 0.05) is 31.6 Å². The second-order valence-corrected chi connectivity index (χ2v) is 6.46. The number of hydrogen-bond acceptors (Lipinski definition) is 4. The molecule has 4 heteroatoms. The number of nitrogens with one attached hydrogen (secondary N) is 1. The van der Waals surface area contributed by atoms with Crippen molar-refractivity contribution < 1.29 is 4.74 Å². The molecule has 0 bridgehead atoms. The van der Waals surface area contributed by atoms with E-state index >= 15 is 0 Å². The van der Waals surface area contributed by atoms with Gasteiger partial charge in [-0.05, 0) is 24.6 Å². The average Bonchev–Trinajstić information content (AvgIpc) is 2.77. The van der Waals surface area contributed by atoms with Gasteiger partial charge in [0.05, 0.1) is 30.6 Å². The average molecular weight is 271 g/mol. The van der Waals surface area contributed by atoms with Crippen LogP contribution in [0, 0.1) is 0 Å². The molecule has 4 aliphatic heterocycles. The zero-order valence-corrected chi connectivity index (χ0v) is 11.7. The second kappa shape index (κ2) is 4.12. The molecule has 20 heavy (non-hydrogen) atoms. The van der Waals surface area contributed by atoms with Gasteiger partial charge < -0.3 is 19.9 Å². The van der Waals surface area contributed by atoms with Crippen LogP contribution in [-0.4, -0.2) is 51.5 Å². The summed E-state index contributed by atoms with van der Waals surface area (Å²) in [6.07, 6.45) is 1.28. The first-order valence-electron chi connectivity index (χ1n) is 7.88. The van der Waals surface area contributed by atoms with E-state index in [9.17, 15) is 0 Å². The third-order valence-electron chi connectivity index (χ3n) is 5.53. The van der Waals surface area contributed by atoms with Crippen molar-refractivity contribution in [3.63, 3.8) is 0 Å². The van der Waals surface area contributed by atoms with E-state index in [1.807, 2.05) is 0 Å². The van der Waals surface area contributed by atoms with Crippen LogP contribution in [0.2, 0.25) is 0 Å². The number of benzene rings is 1. The Kier molecular flexibility index (Phi) is 2.35. The summed E-state index contributed by atoms with van der Waals surface area (Å²) >= 11 is 0. The number of hydrogen-bond donors (Lipinski definition) is 1.